The van der Waals surface area contributed by atoms with E-state index in [4.69, 9.17) is 21.3 Å². The number of halogens is 2. The van der Waals surface area contributed by atoms with Crippen molar-refractivity contribution in [2.75, 3.05) is 31.7 Å². The number of carbonyl (C=O) groups excluding carboxylic acids is 1. The number of piperidine rings is 1. The molecule has 0 spiro atoms. The number of alkyl halides is 2. The van der Waals surface area contributed by atoms with Gasteiger partial charge < -0.3 is 10.1 Å². The molecule has 4 fully saturated rings. The van der Waals surface area contributed by atoms with Crippen molar-refractivity contribution in [2.24, 2.45) is 17.8 Å². The van der Waals surface area contributed by atoms with Crippen LogP contribution in [0.1, 0.15) is 56.1 Å². The SMILES string of the molecule is Cc1nc2c(c(=O)n1CCOC1CCC(Cl)CC1C1CC(C)NC3C(C(=O)NS(C)(=O)=O)CSC13)C[C@@H](N1CC(F)C1)CC2. The van der Waals surface area contributed by atoms with Gasteiger partial charge in [0, 0.05) is 53.2 Å². The van der Waals surface area contributed by atoms with Crippen molar-refractivity contribution in [1.82, 2.24) is 24.5 Å². The quantitative estimate of drug-likeness (QED) is 0.399. The molecular weight excluding hydrogens is 629 g/mol. The highest BCUT2D eigenvalue weighted by molar-refractivity contribution is 8.00. The van der Waals surface area contributed by atoms with Crippen LogP contribution in [-0.2, 0) is 38.9 Å². The van der Waals surface area contributed by atoms with Crippen molar-refractivity contribution in [3.63, 3.8) is 0 Å². The van der Waals surface area contributed by atoms with Crippen LogP contribution in [0.15, 0.2) is 4.79 Å². The van der Waals surface area contributed by atoms with E-state index in [9.17, 15) is 22.4 Å². The molecule has 1 amide bonds. The molecule has 9 atom stereocenters. The Bertz CT molecular complexity index is 1410. The van der Waals surface area contributed by atoms with Gasteiger partial charge >= 0.3 is 0 Å². The Hall–Kier alpha value is -1.25. The van der Waals surface area contributed by atoms with Gasteiger partial charge in [-0.15, -0.1) is 11.6 Å². The summed E-state index contributed by atoms with van der Waals surface area (Å²) in [4.78, 5) is 33.4. The number of amides is 1. The van der Waals surface area contributed by atoms with Gasteiger partial charge in [-0.25, -0.2) is 17.8 Å². The molecule has 246 valence electrons. The number of aryl methyl sites for hydroxylation is 2. The fraction of sp³-hybridized carbons (Fsp3) is 0.833. The van der Waals surface area contributed by atoms with Gasteiger partial charge in [-0.1, -0.05) is 0 Å². The summed E-state index contributed by atoms with van der Waals surface area (Å²) >= 11 is 8.48. The Morgan fingerprint density at radius 1 is 1.23 bits per heavy atom. The van der Waals surface area contributed by atoms with E-state index >= 15 is 0 Å². The third-order valence-corrected chi connectivity index (χ3v) is 13.0. The first-order chi connectivity index (χ1) is 20.9. The molecular formula is C30H45ClFN5O5S2. The third-order valence-electron chi connectivity index (χ3n) is 10.4. The van der Waals surface area contributed by atoms with E-state index in [0.29, 0.717) is 44.2 Å². The topological polar surface area (TPSA) is 123 Å². The first-order valence-electron chi connectivity index (χ1n) is 16.0. The van der Waals surface area contributed by atoms with Crippen LogP contribution in [0.5, 0.6) is 0 Å². The summed E-state index contributed by atoms with van der Waals surface area (Å²) in [7, 11) is -3.63. The van der Waals surface area contributed by atoms with Crippen LogP contribution in [0, 0.1) is 24.7 Å². The molecule has 3 saturated heterocycles. The predicted octanol–water partition coefficient (Wildman–Crippen LogP) is 2.03. The van der Waals surface area contributed by atoms with Crippen molar-refractivity contribution in [3.8, 4) is 0 Å². The number of nitrogens with zero attached hydrogens (tertiary/aromatic N) is 3. The minimum absolute atomic E-state index is 0.00470. The van der Waals surface area contributed by atoms with E-state index in [-0.39, 0.29) is 52.3 Å². The van der Waals surface area contributed by atoms with E-state index in [1.807, 2.05) is 6.92 Å². The van der Waals surface area contributed by atoms with Crippen LogP contribution in [0.3, 0.4) is 0 Å². The smallest absolute Gasteiger partial charge is 0.257 e. The van der Waals surface area contributed by atoms with E-state index in [0.717, 1.165) is 56.0 Å². The number of hydrogen-bond acceptors (Lipinski definition) is 9. The Labute approximate surface area is 268 Å². The highest BCUT2D eigenvalue weighted by Crippen LogP contribution is 2.48. The summed E-state index contributed by atoms with van der Waals surface area (Å²) in [6, 6.07) is 0.249. The molecule has 3 aliphatic heterocycles. The summed E-state index contributed by atoms with van der Waals surface area (Å²) in [6.07, 6.45) is 5.95. The third kappa shape index (κ3) is 6.88. The van der Waals surface area contributed by atoms with Crippen molar-refractivity contribution < 1.29 is 22.3 Å². The molecule has 1 aromatic rings. The molecule has 0 aromatic carbocycles. The van der Waals surface area contributed by atoms with E-state index in [1.54, 1.807) is 16.3 Å². The molecule has 6 rings (SSSR count). The fourth-order valence-corrected chi connectivity index (χ4v) is 11.0. The van der Waals surface area contributed by atoms with E-state index in [2.05, 4.69) is 21.9 Å². The second-order valence-electron chi connectivity index (χ2n) is 13.6. The number of hydrogen-bond donors (Lipinski definition) is 2. The molecule has 4 heterocycles. The molecule has 1 saturated carbocycles. The zero-order chi connectivity index (χ0) is 31.3. The molecule has 10 nitrogen and oxygen atoms in total. The summed E-state index contributed by atoms with van der Waals surface area (Å²) in [5, 5.41) is 3.81. The van der Waals surface area contributed by atoms with Gasteiger partial charge in [-0.2, -0.15) is 11.8 Å². The number of ether oxygens (including phenoxy) is 1. The van der Waals surface area contributed by atoms with E-state index in [1.165, 1.54) is 0 Å². The molecule has 14 heteroatoms. The first-order valence-corrected chi connectivity index (χ1v) is 19.4. The van der Waals surface area contributed by atoms with Crippen molar-refractivity contribution in [3.05, 3.63) is 27.4 Å². The molecule has 1 aromatic heterocycles. The Morgan fingerprint density at radius 2 is 2.00 bits per heavy atom. The normalized spacial score (nSPS) is 36.3. The van der Waals surface area contributed by atoms with Crippen LogP contribution in [0.2, 0.25) is 0 Å². The average molecular weight is 674 g/mol. The highest BCUT2D eigenvalue weighted by atomic mass is 35.5. The largest absolute Gasteiger partial charge is 0.376 e. The molecule has 0 bridgehead atoms. The lowest BCUT2D eigenvalue weighted by Crippen LogP contribution is -2.58. The van der Waals surface area contributed by atoms with Gasteiger partial charge in [-0.05, 0) is 70.6 Å². The number of likely N-dealkylation sites (tertiary alicyclic amines) is 1. The second-order valence-corrected chi connectivity index (χ2v) is 17.2. The minimum atomic E-state index is -3.63. The zero-order valence-corrected chi connectivity index (χ0v) is 28.1. The number of carbonyl (C=O) groups is 1. The zero-order valence-electron chi connectivity index (χ0n) is 25.7. The van der Waals surface area contributed by atoms with Gasteiger partial charge in [0.05, 0.1) is 37.1 Å². The lowest BCUT2D eigenvalue weighted by molar-refractivity contribution is -0.123. The molecule has 2 N–H and O–H groups in total. The lowest BCUT2D eigenvalue weighted by atomic mass is 9.70. The van der Waals surface area contributed by atoms with Crippen molar-refractivity contribution in [2.45, 2.75) is 106 Å². The summed E-state index contributed by atoms with van der Waals surface area (Å²) in [5.74, 6) is 0.854. The molecule has 5 aliphatic rings. The van der Waals surface area contributed by atoms with Gasteiger partial charge in [-0.3, -0.25) is 23.8 Å². The summed E-state index contributed by atoms with van der Waals surface area (Å²) < 4.78 is 47.5. The van der Waals surface area contributed by atoms with Gasteiger partial charge in [0.1, 0.15) is 12.0 Å². The van der Waals surface area contributed by atoms with Crippen LogP contribution in [-0.4, -0.2) is 102 Å². The van der Waals surface area contributed by atoms with Crippen molar-refractivity contribution >= 4 is 39.3 Å². The van der Waals surface area contributed by atoms with Crippen LogP contribution in [0.25, 0.3) is 0 Å². The minimum Gasteiger partial charge on any atom is -0.376 e. The van der Waals surface area contributed by atoms with Crippen LogP contribution >= 0.6 is 23.4 Å². The number of thioether (sulfide) groups is 1. The number of aromatic nitrogens is 2. The van der Waals surface area contributed by atoms with Crippen molar-refractivity contribution in [1.29, 1.82) is 0 Å². The maximum atomic E-state index is 13.6. The Kier molecular flexibility index (Phi) is 9.73. The molecule has 8 unspecified atom stereocenters. The molecule has 44 heavy (non-hydrogen) atoms. The molecule has 2 aliphatic carbocycles. The van der Waals surface area contributed by atoms with Crippen LogP contribution in [0.4, 0.5) is 4.39 Å². The Balaban J connectivity index is 1.13. The van der Waals surface area contributed by atoms with Gasteiger partial charge in [0.2, 0.25) is 15.9 Å². The predicted molar refractivity (Wildman–Crippen MR) is 169 cm³/mol. The fourth-order valence-electron chi connectivity index (χ4n) is 8.32. The monoisotopic (exact) mass is 673 g/mol. The standard InChI is InChI=1S/C30H45ClFN5O5S2/c1-16-10-22(28-27(33-16)24(15-43-28)29(38)35-44(3,40)41)21-11-18(31)4-7-26(21)42-9-8-37-17(2)34-25-6-5-20(12-23(25)30(37)39)36-13-19(32)14-36/h16,18-22,24,26-28,33H,4-15H2,1-3H3,(H,35,38)/t16?,18?,20-,21?,22?,24?,26?,27?,28?/m0/s1. The molecule has 0 radical (unpaired) electrons. The number of sulfonamides is 1. The maximum Gasteiger partial charge on any atom is 0.257 e. The van der Waals surface area contributed by atoms with Crippen LogP contribution < -0.4 is 15.6 Å². The first kappa shape index (κ1) is 32.7. The van der Waals surface area contributed by atoms with Gasteiger partial charge in [0.15, 0.2) is 0 Å². The number of rotatable bonds is 8. The summed E-state index contributed by atoms with van der Waals surface area (Å²) in [6.45, 7) is 5.71. The lowest BCUT2D eigenvalue weighted by Gasteiger charge is -2.47. The maximum absolute atomic E-state index is 13.6. The van der Waals surface area contributed by atoms with Gasteiger partial charge in [0.25, 0.3) is 5.56 Å². The average Bonchev–Trinajstić information content (AvgIpc) is 3.36. The number of nitrogens with one attached hydrogen (secondary N) is 2. The Morgan fingerprint density at radius 3 is 2.73 bits per heavy atom. The number of fused-ring (bicyclic) bond motifs is 2. The van der Waals surface area contributed by atoms with E-state index < -0.39 is 28.0 Å². The summed E-state index contributed by atoms with van der Waals surface area (Å²) in [5.41, 5.74) is 1.64. The second kappa shape index (κ2) is 13.1. The highest BCUT2D eigenvalue weighted by Gasteiger charge is 2.52.